The fraction of sp³-hybridized carbons (Fsp3) is 0.444. The number of hydrogen-bond acceptors (Lipinski definition) is 3. The Morgan fingerprint density at radius 3 is 2.64 bits per heavy atom. The van der Waals surface area contributed by atoms with E-state index >= 15 is 0 Å². The molecule has 0 unspecified atom stereocenters. The lowest BCUT2D eigenvalue weighted by Crippen LogP contribution is -2.52. The third-order valence-electron chi connectivity index (χ3n) is 4.28. The first-order chi connectivity index (χ1) is 12.2. The van der Waals surface area contributed by atoms with Crippen molar-refractivity contribution in [3.8, 4) is 0 Å². The third-order valence-corrected chi connectivity index (χ3v) is 4.60. The smallest absolute Gasteiger partial charge is 0.194 e. The van der Waals surface area contributed by atoms with E-state index in [1.807, 2.05) is 37.6 Å². The Labute approximate surface area is 154 Å². The van der Waals surface area contributed by atoms with E-state index in [0.717, 1.165) is 55.0 Å². The van der Waals surface area contributed by atoms with Gasteiger partial charge in [-0.05, 0) is 19.1 Å². The van der Waals surface area contributed by atoms with Crippen molar-refractivity contribution in [2.45, 2.75) is 13.5 Å². The lowest BCUT2D eigenvalue weighted by Gasteiger charge is -2.38. The first-order valence-corrected chi connectivity index (χ1v) is 9.05. The number of aryl methyl sites for hydroxylation is 1. The third kappa shape index (κ3) is 4.45. The van der Waals surface area contributed by atoms with E-state index in [9.17, 15) is 0 Å². The second-order valence-corrected chi connectivity index (χ2v) is 6.53. The molecule has 0 amide bonds. The summed E-state index contributed by atoms with van der Waals surface area (Å²) in [4.78, 5) is 9.42. The molecule has 7 heteroatoms. The predicted molar refractivity (Wildman–Crippen MR) is 103 cm³/mol. The summed E-state index contributed by atoms with van der Waals surface area (Å²) < 4.78 is 1.81. The van der Waals surface area contributed by atoms with E-state index in [-0.39, 0.29) is 0 Å². The molecule has 1 N–H and O–H groups in total. The lowest BCUT2D eigenvalue weighted by atomic mass is 10.2. The number of nitrogens with one attached hydrogen (secondary N) is 1. The van der Waals surface area contributed by atoms with Crippen LogP contribution in [0.5, 0.6) is 0 Å². The maximum atomic E-state index is 6.33. The van der Waals surface area contributed by atoms with Crippen molar-refractivity contribution < 1.29 is 0 Å². The van der Waals surface area contributed by atoms with Gasteiger partial charge in [0.2, 0.25) is 0 Å². The number of aliphatic imine (C=N–C) groups is 1. The quantitative estimate of drug-likeness (QED) is 0.671. The zero-order chi connectivity index (χ0) is 17.6. The summed E-state index contributed by atoms with van der Waals surface area (Å²) in [6.45, 7) is 7.30. The van der Waals surface area contributed by atoms with Crippen LogP contribution >= 0.6 is 11.6 Å². The summed E-state index contributed by atoms with van der Waals surface area (Å²) in [5, 5.41) is 8.41. The second-order valence-electron chi connectivity index (χ2n) is 6.12. The Hall–Kier alpha value is -2.21. The van der Waals surface area contributed by atoms with Crippen molar-refractivity contribution >= 4 is 23.2 Å². The van der Waals surface area contributed by atoms with Crippen LogP contribution in [0.4, 0.5) is 5.69 Å². The molecule has 1 aromatic carbocycles. The number of benzene rings is 1. The Morgan fingerprint density at radius 1 is 1.24 bits per heavy atom. The van der Waals surface area contributed by atoms with Crippen LogP contribution < -0.4 is 10.2 Å². The molecule has 0 atom stereocenters. The molecule has 1 aliphatic rings. The molecule has 0 bridgehead atoms. The van der Waals surface area contributed by atoms with Crippen LogP contribution in [0, 0.1) is 0 Å². The highest BCUT2D eigenvalue weighted by molar-refractivity contribution is 6.33. The molecule has 0 spiro atoms. The molecule has 0 aliphatic carbocycles. The summed E-state index contributed by atoms with van der Waals surface area (Å²) in [5.41, 5.74) is 2.23. The molecule has 2 aromatic rings. The number of aromatic nitrogens is 2. The van der Waals surface area contributed by atoms with Crippen LogP contribution in [0.1, 0.15) is 12.5 Å². The second kappa shape index (κ2) is 8.25. The summed E-state index contributed by atoms with van der Waals surface area (Å²) in [6, 6.07) is 8.03. The van der Waals surface area contributed by atoms with Crippen molar-refractivity contribution in [3.05, 3.63) is 47.2 Å². The molecule has 6 nitrogen and oxygen atoms in total. The largest absolute Gasteiger partial charge is 0.367 e. The van der Waals surface area contributed by atoms with Crippen LogP contribution in [0.25, 0.3) is 0 Å². The van der Waals surface area contributed by atoms with Crippen LogP contribution in [0.15, 0.2) is 41.7 Å². The topological polar surface area (TPSA) is 48.7 Å². The molecular formula is C18H25ClN6. The van der Waals surface area contributed by atoms with E-state index in [1.165, 1.54) is 0 Å². The van der Waals surface area contributed by atoms with Gasteiger partial charge in [0.05, 0.1) is 23.5 Å². The van der Waals surface area contributed by atoms with Gasteiger partial charge in [-0.15, -0.1) is 0 Å². The van der Waals surface area contributed by atoms with E-state index in [2.05, 4.69) is 33.2 Å². The van der Waals surface area contributed by atoms with Crippen molar-refractivity contribution in [1.29, 1.82) is 0 Å². The zero-order valence-corrected chi connectivity index (χ0v) is 15.6. The fourth-order valence-electron chi connectivity index (χ4n) is 3.01. The molecule has 1 aromatic heterocycles. The van der Waals surface area contributed by atoms with Crippen molar-refractivity contribution in [2.24, 2.45) is 12.0 Å². The van der Waals surface area contributed by atoms with Gasteiger partial charge < -0.3 is 15.1 Å². The lowest BCUT2D eigenvalue weighted by molar-refractivity contribution is 0.372. The highest BCUT2D eigenvalue weighted by Crippen LogP contribution is 2.26. The van der Waals surface area contributed by atoms with E-state index in [0.29, 0.717) is 6.54 Å². The maximum absolute atomic E-state index is 6.33. The minimum atomic E-state index is 0.640. The van der Waals surface area contributed by atoms with Gasteiger partial charge in [0.15, 0.2) is 5.96 Å². The number of hydrogen-bond donors (Lipinski definition) is 1. The fourth-order valence-corrected chi connectivity index (χ4v) is 3.27. The molecule has 1 fully saturated rings. The van der Waals surface area contributed by atoms with Crippen molar-refractivity contribution in [1.82, 2.24) is 20.0 Å². The normalized spacial score (nSPS) is 15.6. The summed E-state index contributed by atoms with van der Waals surface area (Å²) >= 11 is 6.33. The van der Waals surface area contributed by atoms with Crippen LogP contribution in [-0.2, 0) is 13.6 Å². The highest BCUT2D eigenvalue weighted by Gasteiger charge is 2.21. The van der Waals surface area contributed by atoms with Crippen LogP contribution in [0.2, 0.25) is 5.02 Å². The summed E-state index contributed by atoms with van der Waals surface area (Å²) in [7, 11) is 1.92. The van der Waals surface area contributed by atoms with E-state index in [4.69, 9.17) is 16.6 Å². The number of anilines is 1. The van der Waals surface area contributed by atoms with Crippen molar-refractivity contribution in [2.75, 3.05) is 37.6 Å². The highest BCUT2D eigenvalue weighted by atomic mass is 35.5. The maximum Gasteiger partial charge on any atom is 0.194 e. The zero-order valence-electron chi connectivity index (χ0n) is 14.8. The van der Waals surface area contributed by atoms with Gasteiger partial charge in [-0.3, -0.25) is 4.68 Å². The molecule has 1 aliphatic heterocycles. The number of nitrogens with zero attached hydrogens (tertiary/aromatic N) is 5. The molecule has 0 radical (unpaired) electrons. The number of piperazine rings is 1. The number of halogens is 1. The van der Waals surface area contributed by atoms with Gasteiger partial charge in [0.1, 0.15) is 0 Å². The monoisotopic (exact) mass is 360 g/mol. The molecule has 0 saturated carbocycles. The van der Waals surface area contributed by atoms with E-state index < -0.39 is 0 Å². The number of guanidine groups is 1. The number of para-hydroxylation sites is 1. The standard InChI is InChI=1S/C18H25ClN6/c1-3-20-18(21-12-15-13-22-23(2)14-15)25-10-8-24(9-11-25)17-7-5-4-6-16(17)19/h4-7,13-14H,3,8-12H2,1-2H3,(H,20,21). The Balaban J connectivity index is 1.63. The van der Waals surface area contributed by atoms with Gasteiger partial charge >= 0.3 is 0 Å². The van der Waals surface area contributed by atoms with Gasteiger partial charge in [0, 0.05) is 51.5 Å². The van der Waals surface area contributed by atoms with E-state index in [1.54, 1.807) is 4.68 Å². The van der Waals surface area contributed by atoms with Gasteiger partial charge in [0.25, 0.3) is 0 Å². The molecule has 2 heterocycles. The van der Waals surface area contributed by atoms with Gasteiger partial charge in [-0.1, -0.05) is 23.7 Å². The molecule has 134 valence electrons. The Kier molecular flexibility index (Phi) is 5.81. The van der Waals surface area contributed by atoms with Gasteiger partial charge in [-0.25, -0.2) is 4.99 Å². The minimum absolute atomic E-state index is 0.640. The Bertz CT molecular complexity index is 718. The SMILES string of the molecule is CCNC(=NCc1cnn(C)c1)N1CCN(c2ccccc2Cl)CC1. The first-order valence-electron chi connectivity index (χ1n) is 8.67. The van der Waals surface area contributed by atoms with Crippen LogP contribution in [-0.4, -0.2) is 53.4 Å². The number of rotatable bonds is 4. The average Bonchev–Trinajstić information content (AvgIpc) is 3.05. The molecule has 25 heavy (non-hydrogen) atoms. The summed E-state index contributed by atoms with van der Waals surface area (Å²) in [6.07, 6.45) is 3.87. The molecular weight excluding hydrogens is 336 g/mol. The molecule has 1 saturated heterocycles. The van der Waals surface area contributed by atoms with Crippen LogP contribution in [0.3, 0.4) is 0 Å². The predicted octanol–water partition coefficient (Wildman–Crippen LogP) is 2.36. The average molecular weight is 361 g/mol. The first kappa shape index (κ1) is 17.6. The van der Waals surface area contributed by atoms with Crippen molar-refractivity contribution in [3.63, 3.8) is 0 Å². The van der Waals surface area contributed by atoms with Gasteiger partial charge in [-0.2, -0.15) is 5.10 Å². The molecule has 3 rings (SSSR count). The Morgan fingerprint density at radius 2 is 2.00 bits per heavy atom. The summed E-state index contributed by atoms with van der Waals surface area (Å²) in [5.74, 6) is 0.963. The minimum Gasteiger partial charge on any atom is -0.367 e.